The van der Waals surface area contributed by atoms with Gasteiger partial charge in [0.25, 0.3) is 0 Å². The van der Waals surface area contributed by atoms with E-state index >= 15 is 0 Å². The van der Waals surface area contributed by atoms with Gasteiger partial charge in [-0.2, -0.15) is 0 Å². The van der Waals surface area contributed by atoms with E-state index < -0.39 is 10.4 Å². The quantitative estimate of drug-likeness (QED) is 0.853. The van der Waals surface area contributed by atoms with Crippen LogP contribution in [0.2, 0.25) is 0 Å². The van der Waals surface area contributed by atoms with Gasteiger partial charge < -0.3 is 19.0 Å². The van der Waals surface area contributed by atoms with Gasteiger partial charge in [0.15, 0.2) is 0 Å². The highest BCUT2D eigenvalue weighted by molar-refractivity contribution is 7.82. The molecule has 7 heteroatoms. The molecule has 0 aliphatic carbocycles. The zero-order valence-corrected chi connectivity index (χ0v) is 10.4. The number of rotatable bonds is 4. The summed E-state index contributed by atoms with van der Waals surface area (Å²) in [7, 11) is -3.97. The van der Waals surface area contributed by atoms with Crippen molar-refractivity contribution < 1.29 is 16.8 Å². The molecule has 1 aliphatic heterocycles. The first-order valence-corrected chi connectivity index (χ1v) is 6.69. The summed E-state index contributed by atoms with van der Waals surface area (Å²) in [6.07, 6.45) is 0. The third-order valence-electron chi connectivity index (χ3n) is 2.22. The minimum absolute atomic E-state index is 0.213. The lowest BCUT2D eigenvalue weighted by molar-refractivity contribution is 0.437. The van der Waals surface area contributed by atoms with Gasteiger partial charge in [-0.3, -0.25) is 0 Å². The molecule has 94 valence electrons. The maximum absolute atomic E-state index is 11.3. The van der Waals surface area contributed by atoms with Crippen LogP contribution in [0.4, 0.5) is 11.4 Å². The Morgan fingerprint density at radius 3 is 1.76 bits per heavy atom. The maximum atomic E-state index is 11.3. The molecule has 0 fully saturated rings. The Hall–Kier alpha value is -1.63. The molecular formula is C10H14N2O4S. The Morgan fingerprint density at radius 2 is 1.41 bits per heavy atom. The fourth-order valence-corrected chi connectivity index (χ4v) is 2.38. The smallest absolute Gasteiger partial charge is 0.382 e. The molecule has 0 atom stereocenters. The van der Waals surface area contributed by atoms with Crippen molar-refractivity contribution in [3.63, 3.8) is 0 Å². The van der Waals surface area contributed by atoms with E-state index in [1.165, 1.54) is 0 Å². The molecule has 0 bridgehead atoms. The molecular weight excluding hydrogens is 244 g/mol. The van der Waals surface area contributed by atoms with Crippen molar-refractivity contribution in [2.75, 3.05) is 23.7 Å². The van der Waals surface area contributed by atoms with Crippen LogP contribution in [0.5, 0.6) is 11.5 Å². The molecule has 1 aromatic rings. The van der Waals surface area contributed by atoms with Gasteiger partial charge in [-0.25, -0.2) is 0 Å². The minimum Gasteiger partial charge on any atom is -0.382 e. The predicted molar refractivity (Wildman–Crippen MR) is 64.9 cm³/mol. The summed E-state index contributed by atoms with van der Waals surface area (Å²) in [6.45, 7) is 5.15. The summed E-state index contributed by atoms with van der Waals surface area (Å²) in [5, 5.41) is 6.04. The Kier molecular flexibility index (Phi) is 3.01. The highest BCUT2D eigenvalue weighted by atomic mass is 32.3. The monoisotopic (exact) mass is 258 g/mol. The molecule has 1 heterocycles. The van der Waals surface area contributed by atoms with Gasteiger partial charge in [0.05, 0.1) is 11.4 Å². The molecule has 0 unspecified atom stereocenters. The normalized spacial score (nSPS) is 15.6. The molecule has 0 amide bonds. The second kappa shape index (κ2) is 4.33. The van der Waals surface area contributed by atoms with Crippen LogP contribution >= 0.6 is 0 Å². The SMILES string of the molecule is CCNc1ccc(NCC)c2c1OS(=O)(=O)O2. The first kappa shape index (κ1) is 11.8. The number of hydrogen-bond donors (Lipinski definition) is 2. The summed E-state index contributed by atoms with van der Waals surface area (Å²) in [5.74, 6) is 0.426. The van der Waals surface area contributed by atoms with Crippen LogP contribution in [0.25, 0.3) is 0 Å². The lowest BCUT2D eigenvalue weighted by atomic mass is 10.2. The third-order valence-corrected chi connectivity index (χ3v) is 2.96. The van der Waals surface area contributed by atoms with Crippen molar-refractivity contribution in [2.24, 2.45) is 0 Å². The maximum Gasteiger partial charge on any atom is 0.501 e. The number of fused-ring (bicyclic) bond motifs is 1. The van der Waals surface area contributed by atoms with Crippen LogP contribution in [0.3, 0.4) is 0 Å². The molecule has 2 rings (SSSR count). The topological polar surface area (TPSA) is 76.7 Å². The van der Waals surface area contributed by atoms with Crippen LogP contribution in [0.1, 0.15) is 13.8 Å². The van der Waals surface area contributed by atoms with E-state index in [2.05, 4.69) is 10.6 Å². The standard InChI is InChI=1S/C10H14N2O4S/c1-3-11-7-5-6-8(12-4-2)10-9(7)15-17(13,14)16-10/h5-6,11-12H,3-4H2,1-2H3. The second-order valence-electron chi connectivity index (χ2n) is 3.45. The number of benzene rings is 1. The van der Waals surface area contributed by atoms with Gasteiger partial charge in [0.1, 0.15) is 0 Å². The Labute approximate surface area is 100 Å². The molecule has 0 spiro atoms. The van der Waals surface area contributed by atoms with E-state index in [1.54, 1.807) is 12.1 Å². The molecule has 0 radical (unpaired) electrons. The molecule has 1 aromatic carbocycles. The molecule has 0 saturated carbocycles. The second-order valence-corrected chi connectivity index (χ2v) is 4.60. The Balaban J connectivity index is 2.49. The molecule has 1 aliphatic rings. The Morgan fingerprint density at radius 1 is 1.00 bits per heavy atom. The molecule has 0 saturated heterocycles. The fourth-order valence-electron chi connectivity index (χ4n) is 1.61. The molecule has 6 nitrogen and oxygen atoms in total. The summed E-state index contributed by atoms with van der Waals surface area (Å²) in [4.78, 5) is 0. The van der Waals surface area contributed by atoms with Crippen LogP contribution in [-0.4, -0.2) is 21.5 Å². The van der Waals surface area contributed by atoms with Crippen molar-refractivity contribution in [2.45, 2.75) is 13.8 Å². The van der Waals surface area contributed by atoms with Crippen molar-refractivity contribution in [3.05, 3.63) is 12.1 Å². The first-order chi connectivity index (χ1) is 8.07. The van der Waals surface area contributed by atoms with Gasteiger partial charge in [0.2, 0.25) is 11.5 Å². The van der Waals surface area contributed by atoms with Crippen molar-refractivity contribution in [1.29, 1.82) is 0 Å². The average Bonchev–Trinajstić information content (AvgIpc) is 2.58. The van der Waals surface area contributed by atoms with Gasteiger partial charge in [-0.1, -0.05) is 0 Å². The zero-order chi connectivity index (χ0) is 12.5. The van der Waals surface area contributed by atoms with E-state index in [-0.39, 0.29) is 11.5 Å². The number of anilines is 2. The first-order valence-electron chi connectivity index (χ1n) is 5.36. The zero-order valence-electron chi connectivity index (χ0n) is 9.61. The predicted octanol–water partition coefficient (Wildman–Crippen LogP) is 1.57. The van der Waals surface area contributed by atoms with E-state index in [0.717, 1.165) is 0 Å². The lowest BCUT2D eigenvalue weighted by Gasteiger charge is -2.09. The summed E-state index contributed by atoms with van der Waals surface area (Å²) >= 11 is 0. The van der Waals surface area contributed by atoms with Crippen LogP contribution in [0, 0.1) is 0 Å². The lowest BCUT2D eigenvalue weighted by Crippen LogP contribution is -2.09. The van der Waals surface area contributed by atoms with Crippen molar-refractivity contribution in [1.82, 2.24) is 0 Å². The summed E-state index contributed by atoms with van der Waals surface area (Å²) in [5.41, 5.74) is 1.20. The van der Waals surface area contributed by atoms with Gasteiger partial charge in [0, 0.05) is 13.1 Å². The molecule has 17 heavy (non-hydrogen) atoms. The van der Waals surface area contributed by atoms with Crippen molar-refractivity contribution in [3.8, 4) is 11.5 Å². The van der Waals surface area contributed by atoms with Crippen LogP contribution in [-0.2, 0) is 10.4 Å². The van der Waals surface area contributed by atoms with E-state index in [9.17, 15) is 8.42 Å². The summed E-state index contributed by atoms with van der Waals surface area (Å²) in [6, 6.07) is 3.51. The highest BCUT2D eigenvalue weighted by Crippen LogP contribution is 2.47. The largest absolute Gasteiger partial charge is 0.501 e. The van der Waals surface area contributed by atoms with Crippen LogP contribution < -0.4 is 19.0 Å². The number of hydrogen-bond acceptors (Lipinski definition) is 6. The average molecular weight is 258 g/mol. The van der Waals surface area contributed by atoms with Gasteiger partial charge in [-0.05, 0) is 26.0 Å². The summed E-state index contributed by atoms with van der Waals surface area (Å²) < 4.78 is 32.2. The highest BCUT2D eigenvalue weighted by Gasteiger charge is 2.33. The minimum atomic E-state index is -3.97. The van der Waals surface area contributed by atoms with Crippen molar-refractivity contribution >= 4 is 21.8 Å². The molecule has 2 N–H and O–H groups in total. The number of nitrogens with one attached hydrogen (secondary N) is 2. The van der Waals surface area contributed by atoms with Gasteiger partial charge in [-0.15, -0.1) is 8.42 Å². The van der Waals surface area contributed by atoms with Gasteiger partial charge >= 0.3 is 10.4 Å². The van der Waals surface area contributed by atoms with E-state index in [1.807, 2.05) is 13.8 Å². The van der Waals surface area contributed by atoms with E-state index in [4.69, 9.17) is 8.37 Å². The Bertz CT molecular complexity index is 486. The third kappa shape index (κ3) is 2.23. The molecule has 0 aromatic heterocycles. The van der Waals surface area contributed by atoms with Crippen LogP contribution in [0.15, 0.2) is 12.1 Å². The van der Waals surface area contributed by atoms with E-state index in [0.29, 0.717) is 24.5 Å². The fraction of sp³-hybridized carbons (Fsp3) is 0.400.